The van der Waals surface area contributed by atoms with Crippen LogP contribution in [0, 0.1) is 28.1 Å². The summed E-state index contributed by atoms with van der Waals surface area (Å²) < 4.78 is 0. The van der Waals surface area contributed by atoms with Gasteiger partial charge in [0.05, 0.1) is 0 Å². The van der Waals surface area contributed by atoms with Gasteiger partial charge in [-0.3, -0.25) is 0 Å². The van der Waals surface area contributed by atoms with Crippen LogP contribution < -0.4 is 11.5 Å². The van der Waals surface area contributed by atoms with Crippen molar-refractivity contribution in [1.82, 2.24) is 0 Å². The first kappa shape index (κ1) is 17.0. The summed E-state index contributed by atoms with van der Waals surface area (Å²) in [6.07, 6.45) is 8.08. The summed E-state index contributed by atoms with van der Waals surface area (Å²) in [6, 6.07) is -0.833. The van der Waals surface area contributed by atoms with E-state index in [4.69, 9.17) is 10.2 Å². The first-order chi connectivity index (χ1) is 9.08. The highest BCUT2D eigenvalue weighted by atomic mass is 16.2. The van der Waals surface area contributed by atoms with Crippen molar-refractivity contribution in [2.45, 2.75) is 66.2 Å². The van der Waals surface area contributed by atoms with Crippen molar-refractivity contribution in [3.8, 4) is 0 Å². The van der Waals surface area contributed by atoms with E-state index in [2.05, 4.69) is 32.2 Å². The minimum atomic E-state index is -0.833. The summed E-state index contributed by atoms with van der Waals surface area (Å²) in [4.78, 5) is 9.00. The molecule has 0 spiro atoms. The number of hydrogen-bond acceptors (Lipinski definition) is 2. The first-order valence-electron chi connectivity index (χ1n) is 7.68. The second-order valence-corrected chi connectivity index (χ2v) is 7.61. The molecule has 0 radical (unpaired) electrons. The van der Waals surface area contributed by atoms with E-state index in [0.717, 1.165) is 11.6 Å². The third kappa shape index (κ3) is 3.97. The van der Waals surface area contributed by atoms with Crippen molar-refractivity contribution < 1.29 is 4.79 Å². The average molecular weight is 281 g/mol. The Morgan fingerprint density at radius 2 is 1.70 bits per heavy atom. The number of primary amides is 2. The molecule has 0 aliphatic heterocycles. The molecule has 2 fully saturated rings. The highest BCUT2D eigenvalue weighted by Gasteiger charge is 2.49. The van der Waals surface area contributed by atoms with Gasteiger partial charge in [-0.25, -0.2) is 4.79 Å². The van der Waals surface area contributed by atoms with E-state index < -0.39 is 6.03 Å². The number of hydrogen-bond donors (Lipinski definition) is 3. The Hall–Kier alpha value is -1.06. The number of amides is 2. The lowest BCUT2D eigenvalue weighted by Gasteiger charge is -2.55. The lowest BCUT2D eigenvalue weighted by atomic mass is 9.50. The smallest absolute Gasteiger partial charge is 0.309 e. The Labute approximate surface area is 123 Å². The van der Waals surface area contributed by atoms with Crippen LogP contribution in [0.2, 0.25) is 0 Å². The van der Waals surface area contributed by atoms with Gasteiger partial charge in [0, 0.05) is 5.71 Å². The molecule has 3 atom stereocenters. The van der Waals surface area contributed by atoms with Crippen LogP contribution in [0.5, 0.6) is 0 Å². The van der Waals surface area contributed by atoms with Crippen molar-refractivity contribution in [2.75, 3.05) is 0 Å². The molecule has 20 heavy (non-hydrogen) atoms. The predicted octanol–water partition coefficient (Wildman–Crippen LogP) is 3.68. The molecule has 4 nitrogen and oxygen atoms in total. The zero-order chi connectivity index (χ0) is 15.6. The van der Waals surface area contributed by atoms with Crippen LogP contribution >= 0.6 is 0 Å². The lowest BCUT2D eigenvalue weighted by molar-refractivity contribution is -0.0403. The molecule has 3 unspecified atom stereocenters. The first-order valence-corrected chi connectivity index (χ1v) is 7.68. The largest absolute Gasteiger partial charge is 0.352 e. The molecule has 2 aliphatic carbocycles. The SMILES string of the molecule is CC(=N)C1CCC2C(C)(C)CCCC2(C)C1.NC(N)=O. The van der Waals surface area contributed by atoms with Gasteiger partial charge in [-0.15, -0.1) is 0 Å². The molecule has 4 heteroatoms. The van der Waals surface area contributed by atoms with Crippen molar-refractivity contribution in [2.24, 2.45) is 34.1 Å². The Balaban J connectivity index is 0.000000444. The molecule has 0 aromatic carbocycles. The fourth-order valence-electron chi connectivity index (χ4n) is 4.63. The number of rotatable bonds is 1. The van der Waals surface area contributed by atoms with Gasteiger partial charge in [-0.1, -0.05) is 27.2 Å². The van der Waals surface area contributed by atoms with Crippen LogP contribution in [0.1, 0.15) is 66.2 Å². The monoisotopic (exact) mass is 281 g/mol. The van der Waals surface area contributed by atoms with Crippen molar-refractivity contribution in [3.05, 3.63) is 0 Å². The zero-order valence-electron chi connectivity index (χ0n) is 13.5. The van der Waals surface area contributed by atoms with Crippen LogP contribution in [0.3, 0.4) is 0 Å². The highest BCUT2D eigenvalue weighted by molar-refractivity contribution is 5.81. The van der Waals surface area contributed by atoms with Gasteiger partial charge in [0.1, 0.15) is 0 Å². The summed E-state index contributed by atoms with van der Waals surface area (Å²) in [6.45, 7) is 9.43. The van der Waals surface area contributed by atoms with Gasteiger partial charge in [-0.05, 0) is 61.7 Å². The zero-order valence-corrected chi connectivity index (χ0v) is 13.5. The van der Waals surface area contributed by atoms with Crippen LogP contribution in [0.15, 0.2) is 0 Å². The topological polar surface area (TPSA) is 93.0 Å². The molecule has 0 saturated heterocycles. The summed E-state index contributed by atoms with van der Waals surface area (Å²) in [5, 5.41) is 7.88. The Morgan fingerprint density at radius 3 is 2.20 bits per heavy atom. The van der Waals surface area contributed by atoms with Crippen LogP contribution in [0.25, 0.3) is 0 Å². The van der Waals surface area contributed by atoms with Gasteiger partial charge in [0.25, 0.3) is 0 Å². The van der Waals surface area contributed by atoms with E-state index in [9.17, 15) is 0 Å². The minimum Gasteiger partial charge on any atom is -0.352 e. The molecule has 2 rings (SSSR count). The highest BCUT2D eigenvalue weighted by Crippen LogP contribution is 2.58. The minimum absolute atomic E-state index is 0.521. The maximum atomic E-state index is 9.00. The third-order valence-corrected chi connectivity index (χ3v) is 5.48. The molecule has 2 aliphatic rings. The fraction of sp³-hybridized carbons (Fsp3) is 0.875. The standard InChI is InChI=1S/C15H27N.CH4N2O/c1-11(16)12-6-7-13-14(2,3)8-5-9-15(13,4)10-12;2-1(3)4/h12-13,16H,5-10H2,1-4H3;(H4,2,3,4). The van der Waals surface area contributed by atoms with E-state index in [0.29, 0.717) is 16.7 Å². The molecular weight excluding hydrogens is 250 g/mol. The Kier molecular flexibility index (Phi) is 5.22. The molecule has 0 heterocycles. The van der Waals surface area contributed by atoms with Crippen molar-refractivity contribution in [1.29, 1.82) is 5.41 Å². The van der Waals surface area contributed by atoms with Crippen LogP contribution in [0.4, 0.5) is 4.79 Å². The second-order valence-electron chi connectivity index (χ2n) is 7.61. The van der Waals surface area contributed by atoms with Crippen molar-refractivity contribution >= 4 is 11.7 Å². The summed E-state index contributed by atoms with van der Waals surface area (Å²) in [5.41, 5.74) is 10.5. The van der Waals surface area contributed by atoms with Gasteiger partial charge >= 0.3 is 6.03 Å². The summed E-state index contributed by atoms with van der Waals surface area (Å²) >= 11 is 0. The Bertz CT molecular complexity index is 374. The van der Waals surface area contributed by atoms with E-state index in [-0.39, 0.29) is 0 Å². The van der Waals surface area contributed by atoms with Crippen molar-refractivity contribution in [3.63, 3.8) is 0 Å². The second kappa shape index (κ2) is 6.15. The van der Waals surface area contributed by atoms with E-state index in [1.807, 2.05) is 6.92 Å². The van der Waals surface area contributed by atoms with E-state index in [1.54, 1.807) is 0 Å². The molecule has 0 aromatic rings. The normalized spacial score (nSPS) is 35.2. The third-order valence-electron chi connectivity index (χ3n) is 5.48. The molecule has 2 amide bonds. The van der Waals surface area contributed by atoms with Crippen LogP contribution in [-0.4, -0.2) is 11.7 Å². The number of urea groups is 1. The van der Waals surface area contributed by atoms with Gasteiger partial charge in [-0.2, -0.15) is 0 Å². The molecular formula is C16H31N3O. The molecule has 0 aromatic heterocycles. The number of carbonyl (C=O) groups excluding carboxylic acids is 1. The van der Waals surface area contributed by atoms with Crippen LogP contribution in [-0.2, 0) is 0 Å². The van der Waals surface area contributed by atoms with Gasteiger partial charge < -0.3 is 16.9 Å². The summed E-state index contributed by atoms with van der Waals surface area (Å²) in [7, 11) is 0. The quantitative estimate of drug-likeness (QED) is 0.628. The van der Waals surface area contributed by atoms with Gasteiger partial charge in [0.2, 0.25) is 0 Å². The van der Waals surface area contributed by atoms with E-state index in [1.165, 1.54) is 38.5 Å². The fourth-order valence-corrected chi connectivity index (χ4v) is 4.63. The average Bonchev–Trinajstić information content (AvgIpc) is 2.25. The summed E-state index contributed by atoms with van der Waals surface area (Å²) in [5.74, 6) is 1.47. The van der Waals surface area contributed by atoms with Gasteiger partial charge in [0.15, 0.2) is 0 Å². The number of fused-ring (bicyclic) bond motifs is 1. The Morgan fingerprint density at radius 1 is 1.15 bits per heavy atom. The molecule has 5 N–H and O–H groups in total. The maximum absolute atomic E-state index is 9.00. The molecule has 0 bridgehead atoms. The number of nitrogens with two attached hydrogens (primary N) is 2. The van der Waals surface area contributed by atoms with E-state index >= 15 is 0 Å². The number of nitrogens with one attached hydrogen (secondary N) is 1. The molecule has 2 saturated carbocycles. The predicted molar refractivity (Wildman–Crippen MR) is 83.7 cm³/mol. The number of carbonyl (C=O) groups is 1. The lowest BCUT2D eigenvalue weighted by Crippen LogP contribution is -2.46. The maximum Gasteiger partial charge on any atom is 0.309 e. The molecule has 116 valence electrons.